The van der Waals surface area contributed by atoms with Crippen molar-refractivity contribution in [1.29, 1.82) is 5.26 Å². The number of amides is 1. The van der Waals surface area contributed by atoms with E-state index in [0.717, 1.165) is 6.07 Å². The molecule has 1 N–H and O–H groups in total. The van der Waals surface area contributed by atoms with E-state index in [9.17, 15) is 13.6 Å². The highest BCUT2D eigenvalue weighted by Crippen LogP contribution is 2.27. The van der Waals surface area contributed by atoms with Gasteiger partial charge in [0.2, 0.25) is 5.91 Å². The van der Waals surface area contributed by atoms with Crippen LogP contribution in [0.3, 0.4) is 0 Å². The van der Waals surface area contributed by atoms with E-state index in [-0.39, 0.29) is 16.1 Å². The number of nitrogens with one attached hydrogen (secondary N) is 1. The lowest BCUT2D eigenvalue weighted by molar-refractivity contribution is -0.119. The molecular weight excluding hydrogens is 306 g/mol. The second-order valence-electron chi connectivity index (χ2n) is 4.08. The summed E-state index contributed by atoms with van der Waals surface area (Å²) in [5, 5.41) is 11.1. The Labute approximate surface area is 112 Å². The van der Waals surface area contributed by atoms with Crippen molar-refractivity contribution in [2.75, 3.05) is 5.32 Å². The van der Waals surface area contributed by atoms with Crippen molar-refractivity contribution in [2.24, 2.45) is 11.8 Å². The zero-order valence-corrected chi connectivity index (χ0v) is 11.4. The zero-order valence-electron chi connectivity index (χ0n) is 9.80. The van der Waals surface area contributed by atoms with E-state index in [1.807, 2.05) is 6.07 Å². The van der Waals surface area contributed by atoms with Crippen molar-refractivity contribution in [1.82, 2.24) is 0 Å². The van der Waals surface area contributed by atoms with Crippen molar-refractivity contribution in [3.05, 3.63) is 28.2 Å². The predicted octanol–water partition coefficient (Wildman–Crippen LogP) is 3.46. The standard InChI is InChI=1S/C12H11BrF2N2O/c1-6(2)8(5-16)12(18)17-11-9(13)3-7(14)4-10(11)15/h3-4,6,8H,1-2H3,(H,17,18). The number of anilines is 1. The lowest BCUT2D eigenvalue weighted by Gasteiger charge is -2.14. The average Bonchev–Trinajstić information content (AvgIpc) is 2.23. The van der Waals surface area contributed by atoms with Gasteiger partial charge in [0.1, 0.15) is 11.7 Å². The number of nitrogens with zero attached hydrogens (tertiary/aromatic N) is 1. The van der Waals surface area contributed by atoms with E-state index < -0.39 is 23.5 Å². The van der Waals surface area contributed by atoms with Crippen LogP contribution in [0.4, 0.5) is 14.5 Å². The van der Waals surface area contributed by atoms with E-state index in [4.69, 9.17) is 5.26 Å². The first-order valence-electron chi connectivity index (χ1n) is 5.21. The van der Waals surface area contributed by atoms with Gasteiger partial charge in [-0.05, 0) is 27.9 Å². The van der Waals surface area contributed by atoms with Gasteiger partial charge in [-0.25, -0.2) is 8.78 Å². The van der Waals surface area contributed by atoms with Gasteiger partial charge >= 0.3 is 0 Å². The Balaban J connectivity index is 2.99. The largest absolute Gasteiger partial charge is 0.322 e. The minimum atomic E-state index is -0.893. The molecule has 18 heavy (non-hydrogen) atoms. The van der Waals surface area contributed by atoms with Crippen molar-refractivity contribution < 1.29 is 13.6 Å². The van der Waals surface area contributed by atoms with Crippen molar-refractivity contribution in [3.63, 3.8) is 0 Å². The maximum Gasteiger partial charge on any atom is 0.242 e. The minimum Gasteiger partial charge on any atom is -0.322 e. The Morgan fingerprint density at radius 3 is 2.50 bits per heavy atom. The van der Waals surface area contributed by atoms with E-state index in [2.05, 4.69) is 21.2 Å². The summed E-state index contributed by atoms with van der Waals surface area (Å²) in [6.07, 6.45) is 0. The Hall–Kier alpha value is -1.48. The number of benzene rings is 1. The molecule has 1 atom stereocenters. The SMILES string of the molecule is CC(C)C(C#N)C(=O)Nc1c(F)cc(F)cc1Br. The molecule has 1 rings (SSSR count). The molecule has 0 aliphatic heterocycles. The highest BCUT2D eigenvalue weighted by molar-refractivity contribution is 9.10. The molecule has 96 valence electrons. The molecule has 1 unspecified atom stereocenters. The molecule has 0 aliphatic carbocycles. The summed E-state index contributed by atoms with van der Waals surface area (Å²) in [4.78, 5) is 11.8. The Bertz CT molecular complexity index is 488. The topological polar surface area (TPSA) is 52.9 Å². The highest BCUT2D eigenvalue weighted by Gasteiger charge is 2.23. The number of halogens is 3. The molecule has 0 saturated heterocycles. The van der Waals surface area contributed by atoms with Gasteiger partial charge < -0.3 is 5.32 Å². The third-order valence-electron chi connectivity index (χ3n) is 2.34. The Morgan fingerprint density at radius 1 is 1.44 bits per heavy atom. The monoisotopic (exact) mass is 316 g/mol. The van der Waals surface area contributed by atoms with Crippen LogP contribution in [0.1, 0.15) is 13.8 Å². The maximum atomic E-state index is 13.5. The second kappa shape index (κ2) is 5.91. The smallest absolute Gasteiger partial charge is 0.242 e. The molecule has 0 aliphatic rings. The average molecular weight is 317 g/mol. The van der Waals surface area contributed by atoms with Crippen molar-refractivity contribution in [2.45, 2.75) is 13.8 Å². The number of carbonyl (C=O) groups excluding carboxylic acids is 1. The molecule has 1 amide bonds. The molecule has 1 aromatic carbocycles. The summed E-state index contributed by atoms with van der Waals surface area (Å²) >= 11 is 2.96. The highest BCUT2D eigenvalue weighted by atomic mass is 79.9. The maximum absolute atomic E-state index is 13.5. The third kappa shape index (κ3) is 3.26. The van der Waals surface area contributed by atoms with Crippen molar-refractivity contribution >= 4 is 27.5 Å². The molecule has 0 heterocycles. The number of hydrogen-bond donors (Lipinski definition) is 1. The number of carbonyl (C=O) groups is 1. The molecule has 0 aromatic heterocycles. The summed E-state index contributed by atoms with van der Waals surface area (Å²) in [5.41, 5.74) is -0.165. The third-order valence-corrected chi connectivity index (χ3v) is 2.97. The van der Waals surface area contributed by atoms with Crippen LogP contribution in [0.2, 0.25) is 0 Å². The molecule has 1 aromatic rings. The fourth-order valence-corrected chi connectivity index (χ4v) is 1.88. The van der Waals surface area contributed by atoms with E-state index >= 15 is 0 Å². The number of rotatable bonds is 3. The van der Waals surface area contributed by atoms with Gasteiger partial charge in [-0.15, -0.1) is 0 Å². The molecule has 0 fully saturated rings. The summed E-state index contributed by atoms with van der Waals surface area (Å²) < 4.78 is 26.4. The Morgan fingerprint density at radius 2 is 2.06 bits per heavy atom. The Kier molecular flexibility index (Phi) is 4.79. The van der Waals surface area contributed by atoms with Crippen LogP contribution in [-0.2, 0) is 4.79 Å². The lowest BCUT2D eigenvalue weighted by Crippen LogP contribution is -2.26. The normalized spacial score (nSPS) is 12.1. The summed E-state index contributed by atoms with van der Waals surface area (Å²) in [6.45, 7) is 3.42. The van der Waals surface area contributed by atoms with Gasteiger partial charge in [0.15, 0.2) is 5.82 Å². The summed E-state index contributed by atoms with van der Waals surface area (Å²) in [6, 6.07) is 3.55. The van der Waals surface area contributed by atoms with Crippen LogP contribution in [-0.4, -0.2) is 5.91 Å². The van der Waals surface area contributed by atoms with Crippen LogP contribution in [0.5, 0.6) is 0 Å². The van der Waals surface area contributed by atoms with E-state index in [0.29, 0.717) is 6.07 Å². The quantitative estimate of drug-likeness (QED) is 0.928. The molecule has 3 nitrogen and oxygen atoms in total. The van der Waals surface area contributed by atoms with Crippen LogP contribution >= 0.6 is 15.9 Å². The van der Waals surface area contributed by atoms with Crippen molar-refractivity contribution in [3.8, 4) is 6.07 Å². The first-order chi connectivity index (χ1) is 8.36. The van der Waals surface area contributed by atoms with Crippen LogP contribution in [0, 0.1) is 34.8 Å². The molecule has 0 radical (unpaired) electrons. The van der Waals surface area contributed by atoms with Gasteiger partial charge in [0.05, 0.1) is 11.8 Å². The second-order valence-corrected chi connectivity index (χ2v) is 4.94. The molecule has 0 spiro atoms. The first kappa shape index (κ1) is 14.6. The van der Waals surface area contributed by atoms with Gasteiger partial charge in [-0.1, -0.05) is 13.8 Å². The van der Waals surface area contributed by atoms with Crippen LogP contribution in [0.25, 0.3) is 0 Å². The number of hydrogen-bond acceptors (Lipinski definition) is 2. The fraction of sp³-hybridized carbons (Fsp3) is 0.333. The fourth-order valence-electron chi connectivity index (χ4n) is 1.37. The van der Waals surface area contributed by atoms with Gasteiger partial charge in [-0.3, -0.25) is 4.79 Å². The van der Waals surface area contributed by atoms with Gasteiger partial charge in [0, 0.05) is 10.5 Å². The number of nitriles is 1. The predicted molar refractivity (Wildman–Crippen MR) is 66.6 cm³/mol. The summed E-state index contributed by atoms with van der Waals surface area (Å²) in [7, 11) is 0. The lowest BCUT2D eigenvalue weighted by atomic mass is 9.96. The molecule has 0 saturated carbocycles. The first-order valence-corrected chi connectivity index (χ1v) is 6.01. The van der Waals surface area contributed by atoms with E-state index in [1.165, 1.54) is 0 Å². The van der Waals surface area contributed by atoms with Gasteiger partial charge in [0.25, 0.3) is 0 Å². The molecule has 0 bridgehead atoms. The molecule has 6 heteroatoms. The van der Waals surface area contributed by atoms with Gasteiger partial charge in [-0.2, -0.15) is 5.26 Å². The van der Waals surface area contributed by atoms with E-state index in [1.54, 1.807) is 13.8 Å². The van der Waals surface area contributed by atoms with Crippen LogP contribution in [0.15, 0.2) is 16.6 Å². The summed E-state index contributed by atoms with van der Waals surface area (Å²) in [5.74, 6) is -3.34. The zero-order chi connectivity index (χ0) is 13.9. The molecular formula is C12H11BrF2N2O. The van der Waals surface area contributed by atoms with Crippen LogP contribution < -0.4 is 5.32 Å². The minimum absolute atomic E-state index is 0.0915.